The van der Waals surface area contributed by atoms with Crippen LogP contribution in [0.2, 0.25) is 0 Å². The number of benzene rings is 1. The fraction of sp³-hybridized carbons (Fsp3) is 0.655. The Hall–Kier alpha value is -2.89. The predicted molar refractivity (Wildman–Crippen MR) is 155 cm³/mol. The number of aryl methyl sites for hydroxylation is 1. The molecule has 4 amide bonds. The summed E-state index contributed by atoms with van der Waals surface area (Å²) < 4.78 is 30.1. The van der Waals surface area contributed by atoms with Crippen molar-refractivity contribution in [3.63, 3.8) is 0 Å². The van der Waals surface area contributed by atoms with Crippen molar-refractivity contribution in [2.75, 3.05) is 31.1 Å². The lowest BCUT2D eigenvalue weighted by atomic mass is 9.99. The molecule has 1 aromatic carbocycles. The van der Waals surface area contributed by atoms with Gasteiger partial charge in [0, 0.05) is 42.7 Å². The molecule has 9 nitrogen and oxygen atoms in total. The van der Waals surface area contributed by atoms with Gasteiger partial charge in [-0.2, -0.15) is 8.78 Å². The molecule has 2 aliphatic heterocycles. The Kier molecular flexibility index (Phi) is 9.98. The molecule has 0 aliphatic carbocycles. The van der Waals surface area contributed by atoms with E-state index in [1.165, 1.54) is 16.7 Å². The van der Waals surface area contributed by atoms with Crippen molar-refractivity contribution in [2.24, 2.45) is 0 Å². The number of amides is 4. The summed E-state index contributed by atoms with van der Waals surface area (Å²) in [7, 11) is 0. The molecule has 41 heavy (non-hydrogen) atoms. The standard InChI is InChI=1S/C29H42F2N4O5S/c1-17(2)35(19-10-9-12-33(16-19)27(39)40-28(4,5)6)25(37)20-15-21-22(14-18(20)3)41-29(7,8)26(38)34(21)13-11-32-24(36)23(30)31/h14-15,17,19,23H,9-13,16H2,1-8H3,(H,32,36)/t19-/m1/s1. The van der Waals surface area contributed by atoms with E-state index in [0.29, 0.717) is 24.3 Å². The van der Waals surface area contributed by atoms with Crippen molar-refractivity contribution in [1.29, 1.82) is 0 Å². The summed E-state index contributed by atoms with van der Waals surface area (Å²) in [6.07, 6.45) is -2.10. The number of carbonyl (C=O) groups excluding carboxylic acids is 4. The Morgan fingerprint density at radius 2 is 1.88 bits per heavy atom. The fourth-order valence-electron chi connectivity index (χ4n) is 5.17. The van der Waals surface area contributed by atoms with Gasteiger partial charge in [0.15, 0.2) is 0 Å². The molecule has 0 unspecified atom stereocenters. The van der Waals surface area contributed by atoms with Gasteiger partial charge in [-0.3, -0.25) is 14.4 Å². The van der Waals surface area contributed by atoms with E-state index in [4.69, 9.17) is 4.74 Å². The summed E-state index contributed by atoms with van der Waals surface area (Å²) in [6, 6.07) is 3.16. The minimum atomic E-state index is -3.15. The quantitative estimate of drug-likeness (QED) is 0.484. The van der Waals surface area contributed by atoms with E-state index in [-0.39, 0.29) is 37.0 Å². The monoisotopic (exact) mass is 596 g/mol. The number of hydrogen-bond acceptors (Lipinski definition) is 6. The van der Waals surface area contributed by atoms with Crippen LogP contribution in [0, 0.1) is 6.92 Å². The van der Waals surface area contributed by atoms with E-state index in [9.17, 15) is 28.0 Å². The first-order chi connectivity index (χ1) is 18.9. The maximum atomic E-state index is 14.1. The third-order valence-electron chi connectivity index (χ3n) is 7.02. The largest absolute Gasteiger partial charge is 0.444 e. The highest BCUT2D eigenvalue weighted by Gasteiger charge is 2.41. The zero-order valence-corrected chi connectivity index (χ0v) is 26.0. The van der Waals surface area contributed by atoms with Crippen LogP contribution < -0.4 is 10.2 Å². The second-order valence-corrected chi connectivity index (χ2v) is 14.0. The number of nitrogens with one attached hydrogen (secondary N) is 1. The molecular formula is C29H42F2N4O5S. The van der Waals surface area contributed by atoms with Crippen molar-refractivity contribution < 1.29 is 32.7 Å². The average Bonchev–Trinajstić information content (AvgIpc) is 2.84. The summed E-state index contributed by atoms with van der Waals surface area (Å²) in [5.41, 5.74) is 1.03. The topological polar surface area (TPSA) is 99.3 Å². The van der Waals surface area contributed by atoms with Crippen LogP contribution >= 0.6 is 11.8 Å². The maximum absolute atomic E-state index is 14.1. The summed E-state index contributed by atoms with van der Waals surface area (Å²) in [5, 5.41) is 2.15. The van der Waals surface area contributed by atoms with Crippen LogP contribution in [0.25, 0.3) is 0 Å². The molecule has 2 aliphatic rings. The smallest absolute Gasteiger partial charge is 0.410 e. The molecule has 1 fully saturated rings. The second kappa shape index (κ2) is 12.5. The van der Waals surface area contributed by atoms with Gasteiger partial charge in [-0.15, -0.1) is 11.8 Å². The van der Waals surface area contributed by atoms with Crippen molar-refractivity contribution in [3.8, 4) is 0 Å². The molecule has 0 radical (unpaired) electrons. The van der Waals surface area contributed by atoms with E-state index in [1.54, 1.807) is 29.7 Å². The average molecular weight is 597 g/mol. The summed E-state index contributed by atoms with van der Waals surface area (Å²) in [6.45, 7) is 15.4. The third kappa shape index (κ3) is 7.69. The van der Waals surface area contributed by atoms with E-state index in [2.05, 4.69) is 5.32 Å². The number of rotatable bonds is 7. The van der Waals surface area contributed by atoms with Crippen molar-refractivity contribution >= 4 is 41.3 Å². The lowest BCUT2D eigenvalue weighted by Gasteiger charge is -2.42. The van der Waals surface area contributed by atoms with Crippen LogP contribution in [-0.2, 0) is 14.3 Å². The molecule has 0 aromatic heterocycles. The molecule has 1 atom stereocenters. The Morgan fingerprint density at radius 1 is 1.22 bits per heavy atom. The number of ether oxygens (including phenoxy) is 1. The van der Waals surface area contributed by atoms with Gasteiger partial charge in [0.1, 0.15) is 5.60 Å². The van der Waals surface area contributed by atoms with Gasteiger partial charge < -0.3 is 24.8 Å². The van der Waals surface area contributed by atoms with Crippen molar-refractivity contribution in [2.45, 2.75) is 102 Å². The summed E-state index contributed by atoms with van der Waals surface area (Å²) in [5.74, 6) is -1.86. The molecule has 0 bridgehead atoms. The van der Waals surface area contributed by atoms with Crippen LogP contribution in [-0.4, -0.2) is 88.7 Å². The number of anilines is 1. The van der Waals surface area contributed by atoms with Gasteiger partial charge in [-0.05, 0) is 85.9 Å². The fourth-order valence-corrected chi connectivity index (χ4v) is 6.43. The molecule has 0 saturated carbocycles. The Balaban J connectivity index is 1.92. The minimum Gasteiger partial charge on any atom is -0.444 e. The molecule has 3 rings (SSSR count). The highest BCUT2D eigenvalue weighted by Crippen LogP contribution is 2.46. The van der Waals surface area contributed by atoms with E-state index < -0.39 is 28.8 Å². The number of piperidine rings is 1. The van der Waals surface area contributed by atoms with Crippen LogP contribution in [0.5, 0.6) is 0 Å². The van der Waals surface area contributed by atoms with E-state index >= 15 is 0 Å². The highest BCUT2D eigenvalue weighted by molar-refractivity contribution is 8.01. The van der Waals surface area contributed by atoms with E-state index in [1.807, 2.05) is 47.6 Å². The van der Waals surface area contributed by atoms with Gasteiger partial charge >= 0.3 is 12.5 Å². The SMILES string of the molecule is Cc1cc2c(cc1C(=O)N(C(C)C)[C@@H]1CCCN(C(=O)OC(C)(C)C)C1)N(CCNC(=O)C(F)F)C(=O)C(C)(C)S2. The molecule has 1 N–H and O–H groups in total. The summed E-state index contributed by atoms with van der Waals surface area (Å²) >= 11 is 1.37. The predicted octanol–water partition coefficient (Wildman–Crippen LogP) is 4.84. The molecule has 12 heteroatoms. The maximum Gasteiger partial charge on any atom is 0.410 e. The lowest BCUT2D eigenvalue weighted by Crippen LogP contribution is -2.54. The Bertz CT molecular complexity index is 1180. The van der Waals surface area contributed by atoms with Gasteiger partial charge in [0.05, 0.1) is 16.5 Å². The highest BCUT2D eigenvalue weighted by atomic mass is 32.2. The van der Waals surface area contributed by atoms with Gasteiger partial charge in [-0.1, -0.05) is 0 Å². The zero-order valence-electron chi connectivity index (χ0n) is 25.2. The van der Waals surface area contributed by atoms with Gasteiger partial charge in [0.25, 0.3) is 11.8 Å². The van der Waals surface area contributed by atoms with E-state index in [0.717, 1.165) is 23.3 Å². The van der Waals surface area contributed by atoms with Crippen LogP contribution in [0.3, 0.4) is 0 Å². The number of halogens is 2. The van der Waals surface area contributed by atoms with Gasteiger partial charge in [0.2, 0.25) is 5.91 Å². The number of hydrogen-bond donors (Lipinski definition) is 1. The lowest BCUT2D eigenvalue weighted by molar-refractivity contribution is -0.131. The van der Waals surface area contributed by atoms with Crippen molar-refractivity contribution in [1.82, 2.24) is 15.1 Å². The third-order valence-corrected chi connectivity index (χ3v) is 8.25. The number of carbonyl (C=O) groups is 4. The van der Waals surface area contributed by atoms with Crippen molar-refractivity contribution in [3.05, 3.63) is 23.3 Å². The summed E-state index contributed by atoms with van der Waals surface area (Å²) in [4.78, 5) is 57.4. The van der Waals surface area contributed by atoms with Crippen LogP contribution in [0.15, 0.2) is 17.0 Å². The van der Waals surface area contributed by atoms with Crippen LogP contribution in [0.4, 0.5) is 19.3 Å². The second-order valence-electron chi connectivity index (χ2n) is 12.3. The first-order valence-electron chi connectivity index (χ1n) is 13.9. The first-order valence-corrected chi connectivity index (χ1v) is 14.8. The Labute approximate surface area is 245 Å². The first kappa shape index (κ1) is 32.6. The molecular weight excluding hydrogens is 554 g/mol. The van der Waals surface area contributed by atoms with Gasteiger partial charge in [-0.25, -0.2) is 4.79 Å². The Morgan fingerprint density at radius 3 is 2.46 bits per heavy atom. The molecule has 1 saturated heterocycles. The normalized spacial score (nSPS) is 18.8. The minimum absolute atomic E-state index is 0.0215. The zero-order chi connectivity index (χ0) is 30.9. The molecule has 0 spiro atoms. The molecule has 228 valence electrons. The van der Waals surface area contributed by atoms with Crippen LogP contribution in [0.1, 0.15) is 77.2 Å². The molecule has 2 heterocycles. The number of nitrogens with zero attached hydrogens (tertiary/aromatic N) is 3. The number of likely N-dealkylation sites (tertiary alicyclic amines) is 1. The number of fused-ring (bicyclic) bond motifs is 1. The number of thioether (sulfide) groups is 1. The molecule has 1 aromatic rings. The number of alkyl halides is 2.